The highest BCUT2D eigenvalue weighted by Crippen LogP contribution is 2.34. The number of alkyl halides is 3. The first-order chi connectivity index (χ1) is 10.4. The van der Waals surface area contributed by atoms with Crippen molar-refractivity contribution in [2.75, 3.05) is 11.9 Å². The van der Waals surface area contributed by atoms with Crippen LogP contribution in [0.2, 0.25) is 0 Å². The lowest BCUT2D eigenvalue weighted by Crippen LogP contribution is -2.22. The highest BCUT2D eigenvalue weighted by molar-refractivity contribution is 14.1. The highest BCUT2D eigenvalue weighted by atomic mass is 127. The average molecular weight is 421 g/mol. The molecule has 0 atom stereocenters. The molecule has 0 unspecified atom stereocenters. The van der Waals surface area contributed by atoms with Gasteiger partial charge in [-0.15, -0.1) is 0 Å². The fraction of sp³-hybridized carbons (Fsp3) is 0.133. The molecule has 0 heterocycles. The van der Waals surface area contributed by atoms with Crippen molar-refractivity contribution in [2.24, 2.45) is 0 Å². The van der Waals surface area contributed by atoms with E-state index in [-0.39, 0.29) is 12.3 Å². The second-order valence-corrected chi connectivity index (χ2v) is 5.58. The second-order valence-electron chi connectivity index (χ2n) is 4.34. The van der Waals surface area contributed by atoms with E-state index in [0.29, 0.717) is 5.75 Å². The zero-order valence-electron chi connectivity index (χ0n) is 11.2. The number of nitrogens with one attached hydrogen (secondary N) is 1. The summed E-state index contributed by atoms with van der Waals surface area (Å²) in [5, 5.41) is 2.22. The van der Waals surface area contributed by atoms with Gasteiger partial charge in [0.1, 0.15) is 5.75 Å². The fourth-order valence-electron chi connectivity index (χ4n) is 1.73. The van der Waals surface area contributed by atoms with Crippen LogP contribution in [0, 0.1) is 3.57 Å². The SMILES string of the molecule is O=C(COc1cccc(I)c1)Nc1ccccc1C(F)(F)F. The molecule has 22 heavy (non-hydrogen) atoms. The summed E-state index contributed by atoms with van der Waals surface area (Å²) in [5.41, 5.74) is -1.18. The maximum Gasteiger partial charge on any atom is 0.418 e. The van der Waals surface area contributed by atoms with Crippen LogP contribution < -0.4 is 10.1 Å². The van der Waals surface area contributed by atoms with Crippen LogP contribution in [0.3, 0.4) is 0 Å². The Morgan fingerprint density at radius 3 is 2.55 bits per heavy atom. The Morgan fingerprint density at radius 1 is 1.14 bits per heavy atom. The molecule has 0 saturated carbocycles. The summed E-state index contributed by atoms with van der Waals surface area (Å²) in [6, 6.07) is 11.8. The Morgan fingerprint density at radius 2 is 1.86 bits per heavy atom. The molecule has 2 aromatic carbocycles. The van der Waals surface area contributed by atoms with Gasteiger partial charge in [-0.1, -0.05) is 18.2 Å². The number of rotatable bonds is 4. The Bertz CT molecular complexity index is 674. The quantitative estimate of drug-likeness (QED) is 0.747. The molecule has 0 aromatic heterocycles. The third-order valence-electron chi connectivity index (χ3n) is 2.67. The number of amides is 1. The summed E-state index contributed by atoms with van der Waals surface area (Å²) < 4.78 is 44.6. The Hall–Kier alpha value is -1.77. The van der Waals surface area contributed by atoms with Crippen molar-refractivity contribution < 1.29 is 22.7 Å². The summed E-state index contributed by atoms with van der Waals surface area (Å²) in [6.07, 6.45) is -4.53. The largest absolute Gasteiger partial charge is 0.484 e. The second kappa shape index (κ2) is 6.99. The number of para-hydroxylation sites is 1. The molecule has 0 aliphatic carbocycles. The molecule has 0 fully saturated rings. The van der Waals surface area contributed by atoms with Gasteiger partial charge in [0.2, 0.25) is 0 Å². The molecule has 0 saturated heterocycles. The molecule has 2 aromatic rings. The van der Waals surface area contributed by atoms with Gasteiger partial charge in [0.25, 0.3) is 5.91 Å². The van der Waals surface area contributed by atoms with Crippen molar-refractivity contribution in [2.45, 2.75) is 6.18 Å². The average Bonchev–Trinajstić information content (AvgIpc) is 2.45. The van der Waals surface area contributed by atoms with Crippen molar-refractivity contribution in [3.8, 4) is 5.75 Å². The van der Waals surface area contributed by atoms with E-state index in [9.17, 15) is 18.0 Å². The minimum absolute atomic E-state index is 0.286. The zero-order valence-corrected chi connectivity index (χ0v) is 13.3. The molecule has 0 aliphatic rings. The Balaban J connectivity index is 2.01. The summed E-state index contributed by atoms with van der Waals surface area (Å²) in [6.45, 7) is -0.369. The first kappa shape index (κ1) is 16.6. The third kappa shape index (κ3) is 4.62. The molecular formula is C15H11F3INO2. The van der Waals surface area contributed by atoms with Gasteiger partial charge in [-0.2, -0.15) is 13.2 Å². The molecular weight excluding hydrogens is 410 g/mol. The van der Waals surface area contributed by atoms with Crippen molar-refractivity contribution in [1.29, 1.82) is 0 Å². The predicted molar refractivity (Wildman–Crippen MR) is 84.7 cm³/mol. The smallest absolute Gasteiger partial charge is 0.418 e. The molecule has 116 valence electrons. The van der Waals surface area contributed by atoms with Crippen LogP contribution in [0.25, 0.3) is 0 Å². The lowest BCUT2D eigenvalue weighted by Gasteiger charge is -2.13. The minimum atomic E-state index is -4.53. The first-order valence-electron chi connectivity index (χ1n) is 6.21. The van der Waals surface area contributed by atoms with Crippen molar-refractivity contribution >= 4 is 34.2 Å². The number of hydrogen-bond donors (Lipinski definition) is 1. The van der Waals surface area contributed by atoms with Crippen LogP contribution in [0.4, 0.5) is 18.9 Å². The molecule has 0 bridgehead atoms. The van der Waals surface area contributed by atoms with Crippen LogP contribution >= 0.6 is 22.6 Å². The molecule has 0 aliphatic heterocycles. The lowest BCUT2D eigenvalue weighted by atomic mass is 10.1. The summed E-state index contributed by atoms with van der Waals surface area (Å²) >= 11 is 2.09. The number of benzene rings is 2. The number of anilines is 1. The van der Waals surface area contributed by atoms with Crippen molar-refractivity contribution in [3.63, 3.8) is 0 Å². The van der Waals surface area contributed by atoms with E-state index in [0.717, 1.165) is 9.64 Å². The highest BCUT2D eigenvalue weighted by Gasteiger charge is 2.33. The van der Waals surface area contributed by atoms with Crippen LogP contribution in [0.15, 0.2) is 48.5 Å². The first-order valence-corrected chi connectivity index (χ1v) is 7.28. The topological polar surface area (TPSA) is 38.3 Å². The van der Waals surface area contributed by atoms with Gasteiger partial charge in [0, 0.05) is 3.57 Å². The molecule has 2 rings (SSSR count). The molecule has 1 N–H and O–H groups in total. The van der Waals surface area contributed by atoms with Gasteiger partial charge in [0.15, 0.2) is 6.61 Å². The third-order valence-corrected chi connectivity index (χ3v) is 3.34. The maximum atomic E-state index is 12.8. The van der Waals surface area contributed by atoms with Gasteiger partial charge in [0.05, 0.1) is 11.3 Å². The number of hydrogen-bond acceptors (Lipinski definition) is 2. The van der Waals surface area contributed by atoms with Gasteiger partial charge >= 0.3 is 6.18 Å². The van der Waals surface area contributed by atoms with E-state index in [1.807, 2.05) is 6.07 Å². The van der Waals surface area contributed by atoms with Crippen LogP contribution in [0.1, 0.15) is 5.56 Å². The standard InChI is InChI=1S/C15H11F3INO2/c16-15(17,18)12-6-1-2-7-13(12)20-14(21)9-22-11-5-3-4-10(19)8-11/h1-8H,9H2,(H,20,21). The van der Waals surface area contributed by atoms with E-state index in [1.54, 1.807) is 18.2 Å². The monoisotopic (exact) mass is 421 g/mol. The normalized spacial score (nSPS) is 11.1. The number of ether oxygens (including phenoxy) is 1. The van der Waals surface area contributed by atoms with Crippen molar-refractivity contribution in [1.82, 2.24) is 0 Å². The van der Waals surface area contributed by atoms with Crippen LogP contribution in [-0.4, -0.2) is 12.5 Å². The maximum absolute atomic E-state index is 12.8. The summed E-state index contributed by atoms with van der Waals surface area (Å²) in [4.78, 5) is 11.7. The molecule has 0 radical (unpaired) electrons. The van der Waals surface area contributed by atoms with E-state index in [4.69, 9.17) is 4.74 Å². The molecule has 1 amide bonds. The van der Waals surface area contributed by atoms with Gasteiger partial charge < -0.3 is 10.1 Å². The summed E-state index contributed by atoms with van der Waals surface area (Å²) in [5.74, 6) is -0.179. The van der Waals surface area contributed by atoms with Gasteiger partial charge in [-0.25, -0.2) is 0 Å². The lowest BCUT2D eigenvalue weighted by molar-refractivity contribution is -0.137. The zero-order chi connectivity index (χ0) is 16.2. The van der Waals surface area contributed by atoms with Crippen molar-refractivity contribution in [3.05, 3.63) is 57.7 Å². The minimum Gasteiger partial charge on any atom is -0.484 e. The van der Waals surface area contributed by atoms with Crippen LogP contribution in [-0.2, 0) is 11.0 Å². The van der Waals surface area contributed by atoms with E-state index >= 15 is 0 Å². The Kier molecular flexibility index (Phi) is 5.28. The van der Waals surface area contributed by atoms with E-state index < -0.39 is 17.6 Å². The van der Waals surface area contributed by atoms with E-state index in [2.05, 4.69) is 27.9 Å². The predicted octanol–water partition coefficient (Wildman–Crippen LogP) is 4.33. The van der Waals surface area contributed by atoms with Crippen LogP contribution in [0.5, 0.6) is 5.75 Å². The van der Waals surface area contributed by atoms with E-state index in [1.165, 1.54) is 18.2 Å². The number of carbonyl (C=O) groups excluding carboxylic acids is 1. The number of carbonyl (C=O) groups is 1. The Labute approximate surface area is 138 Å². The molecule has 7 heteroatoms. The van der Waals surface area contributed by atoms with Gasteiger partial charge in [-0.3, -0.25) is 4.79 Å². The number of halogens is 4. The fourth-order valence-corrected chi connectivity index (χ4v) is 2.25. The van der Waals surface area contributed by atoms with Gasteiger partial charge in [-0.05, 0) is 52.9 Å². The molecule has 0 spiro atoms. The molecule has 3 nitrogen and oxygen atoms in total. The summed E-state index contributed by atoms with van der Waals surface area (Å²) in [7, 11) is 0.